The van der Waals surface area contributed by atoms with Crippen molar-refractivity contribution in [3.63, 3.8) is 0 Å². The van der Waals surface area contributed by atoms with Crippen LogP contribution in [0.1, 0.15) is 49.0 Å². The van der Waals surface area contributed by atoms with Gasteiger partial charge in [0.05, 0.1) is 5.56 Å². The fourth-order valence-corrected chi connectivity index (χ4v) is 3.42. The van der Waals surface area contributed by atoms with Gasteiger partial charge in [0.1, 0.15) is 0 Å². The molecule has 1 saturated carbocycles. The van der Waals surface area contributed by atoms with E-state index in [2.05, 4.69) is 35.1 Å². The van der Waals surface area contributed by atoms with E-state index in [1.807, 2.05) is 25.1 Å². The highest BCUT2D eigenvalue weighted by Crippen LogP contribution is 2.29. The molecule has 0 aromatic heterocycles. The van der Waals surface area contributed by atoms with Gasteiger partial charge in [-0.3, -0.25) is 4.79 Å². The molecule has 3 atom stereocenters. The Hall–Kier alpha value is -0.830. The Kier molecular flexibility index (Phi) is 4.67. The summed E-state index contributed by atoms with van der Waals surface area (Å²) in [5.41, 5.74) is 1.89. The molecule has 1 aromatic carbocycles. The Balaban J connectivity index is 2.01. The summed E-state index contributed by atoms with van der Waals surface area (Å²) in [5, 5.41) is 3.18. The highest BCUT2D eigenvalue weighted by molar-refractivity contribution is 9.10. The smallest absolute Gasteiger partial charge is 0.252 e. The van der Waals surface area contributed by atoms with E-state index in [1.165, 1.54) is 6.42 Å². The maximum absolute atomic E-state index is 12.3. The molecule has 19 heavy (non-hydrogen) atoms. The second kappa shape index (κ2) is 6.08. The minimum absolute atomic E-state index is 0.0404. The minimum Gasteiger partial charge on any atom is -0.349 e. The van der Waals surface area contributed by atoms with Crippen LogP contribution in [0.5, 0.6) is 0 Å². The van der Waals surface area contributed by atoms with Gasteiger partial charge in [0.2, 0.25) is 0 Å². The predicted molar refractivity (Wildman–Crippen MR) is 82.3 cm³/mol. The molecule has 2 nitrogen and oxygen atoms in total. The third-order valence-electron chi connectivity index (χ3n) is 4.30. The van der Waals surface area contributed by atoms with Gasteiger partial charge in [-0.05, 0) is 71.6 Å². The van der Waals surface area contributed by atoms with E-state index in [0.717, 1.165) is 34.4 Å². The van der Waals surface area contributed by atoms with E-state index in [0.29, 0.717) is 12.0 Å². The van der Waals surface area contributed by atoms with Crippen LogP contribution in [0, 0.1) is 18.8 Å². The van der Waals surface area contributed by atoms with Gasteiger partial charge >= 0.3 is 0 Å². The molecule has 1 aromatic rings. The van der Waals surface area contributed by atoms with E-state index in [1.54, 1.807) is 0 Å². The van der Waals surface area contributed by atoms with Crippen LogP contribution in [0.3, 0.4) is 0 Å². The summed E-state index contributed by atoms with van der Waals surface area (Å²) in [4.78, 5) is 12.3. The largest absolute Gasteiger partial charge is 0.349 e. The Bertz CT molecular complexity index is 472. The summed E-state index contributed by atoms with van der Waals surface area (Å²) in [6.07, 6.45) is 3.40. The second-order valence-corrected chi connectivity index (χ2v) is 6.78. The van der Waals surface area contributed by atoms with E-state index >= 15 is 0 Å². The van der Waals surface area contributed by atoms with Crippen molar-refractivity contribution in [3.05, 3.63) is 33.8 Å². The summed E-state index contributed by atoms with van der Waals surface area (Å²) in [5.74, 6) is 1.51. The van der Waals surface area contributed by atoms with Crippen LogP contribution in [0.15, 0.2) is 22.7 Å². The second-order valence-electron chi connectivity index (χ2n) is 5.92. The molecule has 1 fully saturated rings. The minimum atomic E-state index is 0.0404. The zero-order valence-electron chi connectivity index (χ0n) is 11.9. The number of benzene rings is 1. The van der Waals surface area contributed by atoms with Crippen molar-refractivity contribution in [2.75, 3.05) is 0 Å². The summed E-state index contributed by atoms with van der Waals surface area (Å²) < 4.78 is 0.877. The van der Waals surface area contributed by atoms with Crippen LogP contribution in [-0.2, 0) is 0 Å². The molecule has 0 bridgehead atoms. The zero-order valence-corrected chi connectivity index (χ0v) is 13.5. The third kappa shape index (κ3) is 3.59. The quantitative estimate of drug-likeness (QED) is 0.863. The standard InChI is InChI=1S/C16H22BrNO/c1-10-4-7-14(15(17)8-10)16(19)18-13-6-5-11(2)12(3)9-13/h4,7-8,11-13H,5-6,9H2,1-3H3,(H,18,19). The number of amides is 1. The molecular formula is C16H22BrNO. The first-order valence-corrected chi connectivity index (χ1v) is 7.83. The number of rotatable bonds is 2. The van der Waals surface area contributed by atoms with Crippen molar-refractivity contribution in [3.8, 4) is 0 Å². The number of hydrogen-bond acceptors (Lipinski definition) is 1. The van der Waals surface area contributed by atoms with Crippen molar-refractivity contribution in [2.24, 2.45) is 11.8 Å². The zero-order chi connectivity index (χ0) is 14.0. The average molecular weight is 324 g/mol. The summed E-state index contributed by atoms with van der Waals surface area (Å²) in [6, 6.07) is 6.18. The lowest BCUT2D eigenvalue weighted by Crippen LogP contribution is -2.39. The topological polar surface area (TPSA) is 29.1 Å². The number of halogens is 1. The molecule has 0 radical (unpaired) electrons. The van der Waals surface area contributed by atoms with E-state index in [-0.39, 0.29) is 5.91 Å². The van der Waals surface area contributed by atoms with Gasteiger partial charge in [0.15, 0.2) is 0 Å². The van der Waals surface area contributed by atoms with Gasteiger partial charge in [-0.1, -0.05) is 19.9 Å². The first-order valence-electron chi connectivity index (χ1n) is 7.04. The molecule has 2 rings (SSSR count). The van der Waals surface area contributed by atoms with Crippen molar-refractivity contribution in [1.82, 2.24) is 5.32 Å². The Labute approximate surface area is 124 Å². The van der Waals surface area contributed by atoms with Crippen molar-refractivity contribution < 1.29 is 4.79 Å². The van der Waals surface area contributed by atoms with Crippen LogP contribution in [0.2, 0.25) is 0 Å². The van der Waals surface area contributed by atoms with Gasteiger partial charge in [0.25, 0.3) is 5.91 Å². The predicted octanol–water partition coefficient (Wildman–Crippen LogP) is 4.31. The molecule has 104 valence electrons. The number of nitrogens with one attached hydrogen (secondary N) is 1. The summed E-state index contributed by atoms with van der Waals surface area (Å²) in [7, 11) is 0. The number of carbonyl (C=O) groups is 1. The van der Waals surface area contributed by atoms with Crippen molar-refractivity contribution >= 4 is 21.8 Å². The lowest BCUT2D eigenvalue weighted by molar-refractivity contribution is 0.0910. The lowest BCUT2D eigenvalue weighted by Gasteiger charge is -2.32. The first kappa shape index (κ1) is 14.6. The summed E-state index contributed by atoms with van der Waals surface area (Å²) >= 11 is 3.47. The van der Waals surface area contributed by atoms with Gasteiger partial charge in [-0.15, -0.1) is 0 Å². The molecule has 0 heterocycles. The molecule has 1 aliphatic carbocycles. The van der Waals surface area contributed by atoms with Crippen LogP contribution in [0.4, 0.5) is 0 Å². The average Bonchev–Trinajstić information content (AvgIpc) is 2.33. The monoisotopic (exact) mass is 323 g/mol. The van der Waals surface area contributed by atoms with Gasteiger partial charge in [-0.2, -0.15) is 0 Å². The molecule has 0 spiro atoms. The van der Waals surface area contributed by atoms with Gasteiger partial charge in [-0.25, -0.2) is 0 Å². The van der Waals surface area contributed by atoms with Crippen molar-refractivity contribution in [2.45, 2.75) is 46.1 Å². The molecular weight excluding hydrogens is 302 g/mol. The SMILES string of the molecule is Cc1ccc(C(=O)NC2CCC(C)C(C)C2)c(Br)c1. The van der Waals surface area contributed by atoms with Crippen LogP contribution in [-0.4, -0.2) is 11.9 Å². The summed E-state index contributed by atoms with van der Waals surface area (Å²) in [6.45, 7) is 6.61. The first-order chi connectivity index (χ1) is 8.97. The fraction of sp³-hybridized carbons (Fsp3) is 0.562. The Morgan fingerprint density at radius 3 is 2.63 bits per heavy atom. The van der Waals surface area contributed by atoms with E-state index in [4.69, 9.17) is 0 Å². The molecule has 3 heteroatoms. The van der Waals surface area contributed by atoms with E-state index in [9.17, 15) is 4.79 Å². The van der Waals surface area contributed by atoms with E-state index < -0.39 is 0 Å². The Morgan fingerprint density at radius 1 is 1.26 bits per heavy atom. The maximum Gasteiger partial charge on any atom is 0.252 e. The normalized spacial score (nSPS) is 27.1. The molecule has 1 amide bonds. The number of carbonyl (C=O) groups excluding carboxylic acids is 1. The highest BCUT2D eigenvalue weighted by Gasteiger charge is 2.26. The number of hydrogen-bond donors (Lipinski definition) is 1. The fourth-order valence-electron chi connectivity index (χ4n) is 2.75. The van der Waals surface area contributed by atoms with Crippen LogP contribution in [0.25, 0.3) is 0 Å². The van der Waals surface area contributed by atoms with Gasteiger partial charge in [0, 0.05) is 10.5 Å². The molecule has 1 N–H and O–H groups in total. The number of aryl methyl sites for hydroxylation is 1. The molecule has 3 unspecified atom stereocenters. The highest BCUT2D eigenvalue weighted by atomic mass is 79.9. The molecule has 1 aliphatic rings. The maximum atomic E-state index is 12.3. The van der Waals surface area contributed by atoms with Crippen LogP contribution >= 0.6 is 15.9 Å². The third-order valence-corrected chi connectivity index (χ3v) is 4.96. The van der Waals surface area contributed by atoms with Crippen LogP contribution < -0.4 is 5.32 Å². The lowest BCUT2D eigenvalue weighted by atomic mass is 9.79. The van der Waals surface area contributed by atoms with Gasteiger partial charge < -0.3 is 5.32 Å². The molecule has 0 saturated heterocycles. The molecule has 0 aliphatic heterocycles. The Morgan fingerprint density at radius 2 is 2.00 bits per heavy atom. The van der Waals surface area contributed by atoms with Crippen molar-refractivity contribution in [1.29, 1.82) is 0 Å².